The minimum absolute atomic E-state index is 0.00945. The Labute approximate surface area is 110 Å². The van der Waals surface area contributed by atoms with Crippen LogP contribution < -0.4 is 10.6 Å². The van der Waals surface area contributed by atoms with Crippen LogP contribution in [0.1, 0.15) is 53.4 Å². The van der Waals surface area contributed by atoms with E-state index in [2.05, 4.69) is 17.6 Å². The average molecular weight is 254 g/mol. The SMILES string of the molecule is CC1CCC(NC(=O)CCNC(=O)C(C)(C)C)C1. The molecule has 1 saturated carbocycles. The first-order valence-electron chi connectivity index (χ1n) is 6.86. The quantitative estimate of drug-likeness (QED) is 0.804. The summed E-state index contributed by atoms with van der Waals surface area (Å²) in [4.78, 5) is 23.3. The van der Waals surface area contributed by atoms with Crippen LogP contribution in [-0.4, -0.2) is 24.4 Å². The van der Waals surface area contributed by atoms with E-state index in [1.54, 1.807) is 0 Å². The lowest BCUT2D eigenvalue weighted by Crippen LogP contribution is -2.39. The molecule has 0 aromatic carbocycles. The molecule has 0 heterocycles. The van der Waals surface area contributed by atoms with Crippen molar-refractivity contribution in [3.8, 4) is 0 Å². The van der Waals surface area contributed by atoms with Gasteiger partial charge in [0.2, 0.25) is 11.8 Å². The van der Waals surface area contributed by atoms with Crippen LogP contribution in [0, 0.1) is 11.3 Å². The van der Waals surface area contributed by atoms with Crippen LogP contribution in [0.2, 0.25) is 0 Å². The Morgan fingerprint density at radius 2 is 1.89 bits per heavy atom. The number of nitrogens with one attached hydrogen (secondary N) is 2. The van der Waals surface area contributed by atoms with Crippen LogP contribution >= 0.6 is 0 Å². The first-order valence-corrected chi connectivity index (χ1v) is 6.86. The van der Waals surface area contributed by atoms with Gasteiger partial charge < -0.3 is 10.6 Å². The number of carbonyl (C=O) groups is 2. The molecule has 4 heteroatoms. The highest BCUT2D eigenvalue weighted by Crippen LogP contribution is 2.24. The fourth-order valence-electron chi connectivity index (χ4n) is 2.19. The van der Waals surface area contributed by atoms with Gasteiger partial charge in [0.05, 0.1) is 0 Å². The molecule has 1 rings (SSSR count). The Morgan fingerprint density at radius 3 is 2.39 bits per heavy atom. The van der Waals surface area contributed by atoms with E-state index in [0.717, 1.165) is 18.8 Å². The van der Waals surface area contributed by atoms with E-state index in [4.69, 9.17) is 0 Å². The van der Waals surface area contributed by atoms with Crippen molar-refractivity contribution in [1.29, 1.82) is 0 Å². The van der Waals surface area contributed by atoms with E-state index in [1.807, 2.05) is 20.8 Å². The van der Waals surface area contributed by atoms with Crippen molar-refractivity contribution in [3.05, 3.63) is 0 Å². The van der Waals surface area contributed by atoms with Gasteiger partial charge in [0.1, 0.15) is 0 Å². The second-order valence-electron chi connectivity index (χ2n) is 6.44. The summed E-state index contributed by atoms with van der Waals surface area (Å²) in [6.45, 7) is 8.23. The molecule has 0 aromatic rings. The fourth-order valence-corrected chi connectivity index (χ4v) is 2.19. The van der Waals surface area contributed by atoms with Crippen LogP contribution in [0.25, 0.3) is 0 Å². The second-order valence-corrected chi connectivity index (χ2v) is 6.44. The van der Waals surface area contributed by atoms with Gasteiger partial charge in [0.25, 0.3) is 0 Å². The minimum Gasteiger partial charge on any atom is -0.355 e. The molecule has 1 aliphatic carbocycles. The second kappa shape index (κ2) is 6.21. The topological polar surface area (TPSA) is 58.2 Å². The van der Waals surface area contributed by atoms with Crippen LogP contribution in [0.3, 0.4) is 0 Å². The fraction of sp³-hybridized carbons (Fsp3) is 0.857. The molecule has 0 saturated heterocycles. The van der Waals surface area contributed by atoms with Crippen molar-refractivity contribution in [3.63, 3.8) is 0 Å². The van der Waals surface area contributed by atoms with Gasteiger partial charge in [-0.3, -0.25) is 9.59 Å². The van der Waals surface area contributed by atoms with Gasteiger partial charge in [-0.15, -0.1) is 0 Å². The number of carbonyl (C=O) groups excluding carboxylic acids is 2. The van der Waals surface area contributed by atoms with E-state index in [-0.39, 0.29) is 11.8 Å². The lowest BCUT2D eigenvalue weighted by Gasteiger charge is -2.18. The van der Waals surface area contributed by atoms with Crippen LogP contribution in [-0.2, 0) is 9.59 Å². The molecule has 1 aliphatic rings. The Morgan fingerprint density at radius 1 is 1.22 bits per heavy atom. The molecular formula is C14H26N2O2. The van der Waals surface area contributed by atoms with E-state index >= 15 is 0 Å². The van der Waals surface area contributed by atoms with Gasteiger partial charge in [0.15, 0.2) is 0 Å². The summed E-state index contributed by atoms with van der Waals surface area (Å²) in [5, 5.41) is 5.82. The zero-order valence-corrected chi connectivity index (χ0v) is 12.0. The Bertz CT molecular complexity index is 307. The Balaban J connectivity index is 2.16. The molecule has 2 unspecified atom stereocenters. The summed E-state index contributed by atoms with van der Waals surface area (Å²) in [5.41, 5.74) is -0.392. The van der Waals surface area contributed by atoms with E-state index in [1.165, 1.54) is 6.42 Å². The van der Waals surface area contributed by atoms with Crippen molar-refractivity contribution in [1.82, 2.24) is 10.6 Å². The van der Waals surface area contributed by atoms with Crippen molar-refractivity contribution < 1.29 is 9.59 Å². The molecule has 0 spiro atoms. The maximum atomic E-state index is 11.7. The normalized spacial score (nSPS) is 23.8. The molecule has 4 nitrogen and oxygen atoms in total. The van der Waals surface area contributed by atoms with Crippen molar-refractivity contribution in [2.75, 3.05) is 6.54 Å². The summed E-state index contributed by atoms with van der Waals surface area (Å²) in [5.74, 6) is 0.754. The van der Waals surface area contributed by atoms with Crippen molar-refractivity contribution in [2.45, 2.75) is 59.4 Å². The predicted octanol–water partition coefficient (Wildman–Crippen LogP) is 1.84. The zero-order valence-electron chi connectivity index (χ0n) is 12.0. The van der Waals surface area contributed by atoms with Gasteiger partial charge in [0, 0.05) is 24.4 Å². The van der Waals surface area contributed by atoms with Gasteiger partial charge in [-0.05, 0) is 25.2 Å². The third-order valence-electron chi connectivity index (χ3n) is 3.38. The van der Waals surface area contributed by atoms with Crippen molar-refractivity contribution >= 4 is 11.8 Å². The van der Waals surface area contributed by atoms with E-state index in [9.17, 15) is 9.59 Å². The van der Waals surface area contributed by atoms with Gasteiger partial charge in [-0.1, -0.05) is 27.7 Å². The lowest BCUT2D eigenvalue weighted by atomic mass is 9.96. The highest BCUT2D eigenvalue weighted by atomic mass is 16.2. The molecule has 2 N–H and O–H groups in total. The molecule has 104 valence electrons. The summed E-state index contributed by atoms with van der Waals surface area (Å²) < 4.78 is 0. The molecule has 2 amide bonds. The van der Waals surface area contributed by atoms with Crippen LogP contribution in [0.15, 0.2) is 0 Å². The van der Waals surface area contributed by atoms with E-state index < -0.39 is 5.41 Å². The Kier molecular flexibility index (Phi) is 5.17. The molecular weight excluding hydrogens is 228 g/mol. The number of hydrogen-bond acceptors (Lipinski definition) is 2. The average Bonchev–Trinajstić information content (AvgIpc) is 2.62. The third-order valence-corrected chi connectivity index (χ3v) is 3.38. The summed E-state index contributed by atoms with van der Waals surface area (Å²) in [6, 6.07) is 0.339. The molecule has 0 bridgehead atoms. The molecule has 0 aromatic heterocycles. The molecule has 18 heavy (non-hydrogen) atoms. The molecule has 0 radical (unpaired) electrons. The maximum absolute atomic E-state index is 11.7. The van der Waals surface area contributed by atoms with Gasteiger partial charge in [-0.2, -0.15) is 0 Å². The van der Waals surface area contributed by atoms with Gasteiger partial charge in [-0.25, -0.2) is 0 Å². The highest BCUT2D eigenvalue weighted by Gasteiger charge is 2.23. The van der Waals surface area contributed by atoms with Crippen molar-refractivity contribution in [2.24, 2.45) is 11.3 Å². The first-order chi connectivity index (χ1) is 8.29. The number of amides is 2. The highest BCUT2D eigenvalue weighted by molar-refractivity contribution is 5.82. The predicted molar refractivity (Wildman–Crippen MR) is 72.0 cm³/mol. The summed E-state index contributed by atoms with van der Waals surface area (Å²) in [6.07, 6.45) is 3.74. The Hall–Kier alpha value is -1.06. The van der Waals surface area contributed by atoms with Crippen LogP contribution in [0.5, 0.6) is 0 Å². The smallest absolute Gasteiger partial charge is 0.225 e. The maximum Gasteiger partial charge on any atom is 0.225 e. The lowest BCUT2D eigenvalue weighted by molar-refractivity contribution is -0.128. The summed E-state index contributed by atoms with van der Waals surface area (Å²) >= 11 is 0. The molecule has 0 aliphatic heterocycles. The summed E-state index contributed by atoms with van der Waals surface area (Å²) in [7, 11) is 0. The first kappa shape index (κ1) is 15.0. The minimum atomic E-state index is -0.392. The third kappa shape index (κ3) is 5.07. The van der Waals surface area contributed by atoms with Crippen LogP contribution in [0.4, 0.5) is 0 Å². The number of hydrogen-bond donors (Lipinski definition) is 2. The van der Waals surface area contributed by atoms with E-state index in [0.29, 0.717) is 19.0 Å². The number of rotatable bonds is 4. The monoisotopic (exact) mass is 254 g/mol. The van der Waals surface area contributed by atoms with Gasteiger partial charge >= 0.3 is 0 Å². The molecule has 2 atom stereocenters. The largest absolute Gasteiger partial charge is 0.355 e. The molecule has 1 fully saturated rings. The zero-order chi connectivity index (χ0) is 13.8. The standard InChI is InChI=1S/C14H26N2O2/c1-10-5-6-11(9-10)16-12(17)7-8-15-13(18)14(2,3)4/h10-11H,5-9H2,1-4H3,(H,15,18)(H,16,17).